The van der Waals surface area contributed by atoms with Crippen LogP contribution in [-0.4, -0.2) is 21.3 Å². The molecule has 0 radical (unpaired) electrons. The van der Waals surface area contributed by atoms with E-state index in [1.165, 1.54) is 6.07 Å². The van der Waals surface area contributed by atoms with Gasteiger partial charge in [-0.15, -0.1) is 0 Å². The Hall–Kier alpha value is -3.71. The highest BCUT2D eigenvalue weighted by Gasteiger charge is 2.42. The lowest BCUT2D eigenvalue weighted by Gasteiger charge is -2.28. The maximum absolute atomic E-state index is 14.8. The van der Waals surface area contributed by atoms with Gasteiger partial charge in [-0.2, -0.15) is 0 Å². The number of rotatable bonds is 6. The van der Waals surface area contributed by atoms with Crippen LogP contribution < -0.4 is 15.0 Å². The molecule has 0 saturated carbocycles. The van der Waals surface area contributed by atoms with Crippen LogP contribution in [0.25, 0.3) is 5.69 Å². The zero-order valence-corrected chi connectivity index (χ0v) is 20.7. The van der Waals surface area contributed by atoms with E-state index in [-0.39, 0.29) is 17.9 Å². The number of ether oxygens (including phenoxy) is 1. The molecular formula is C28H27FN4OS. The van der Waals surface area contributed by atoms with Crippen LogP contribution in [0.3, 0.4) is 0 Å². The third kappa shape index (κ3) is 4.17. The third-order valence-corrected chi connectivity index (χ3v) is 6.72. The molecule has 5 rings (SSSR count). The lowest BCUT2D eigenvalue weighted by molar-refractivity contribution is 0.340. The molecule has 178 valence electrons. The molecule has 5 nitrogen and oxygen atoms in total. The number of benzene rings is 2. The van der Waals surface area contributed by atoms with Crippen molar-refractivity contribution < 1.29 is 9.13 Å². The Kier molecular flexibility index (Phi) is 6.26. The summed E-state index contributed by atoms with van der Waals surface area (Å²) in [4.78, 5) is 6.76. The number of aromatic nitrogens is 2. The molecule has 0 amide bonds. The number of nitrogens with zero attached hydrogens (tertiary/aromatic N) is 3. The Morgan fingerprint density at radius 1 is 1.03 bits per heavy atom. The first kappa shape index (κ1) is 23.1. The van der Waals surface area contributed by atoms with Gasteiger partial charge >= 0.3 is 0 Å². The van der Waals surface area contributed by atoms with Crippen molar-refractivity contribution in [3.8, 4) is 11.4 Å². The minimum absolute atomic E-state index is 0.176. The number of thiocarbonyl (C=S) groups is 1. The zero-order valence-electron chi connectivity index (χ0n) is 19.9. The highest BCUT2D eigenvalue weighted by Crippen LogP contribution is 2.44. The summed E-state index contributed by atoms with van der Waals surface area (Å²) in [6.07, 6.45) is 1.79. The van der Waals surface area contributed by atoms with E-state index in [1.54, 1.807) is 18.3 Å². The maximum atomic E-state index is 14.8. The summed E-state index contributed by atoms with van der Waals surface area (Å²) in [6.45, 7) is 6.60. The molecule has 0 bridgehead atoms. The van der Waals surface area contributed by atoms with Crippen LogP contribution in [0, 0.1) is 19.7 Å². The van der Waals surface area contributed by atoms with E-state index in [0.29, 0.717) is 17.4 Å². The standard InChI is InChI=1S/C28H27FN4OS/c1-4-34-21-14-12-20(13-15-21)33-27(26(31-28(33)35)24-10-7-8-16-30-24)22-17-18(2)32(19(22)3)25-11-6-5-9-23(25)29/h5-17,26-27H,4H2,1-3H3,(H,31,35)/t26-,27-/m0/s1. The largest absolute Gasteiger partial charge is 0.494 e. The first-order valence-corrected chi connectivity index (χ1v) is 12.1. The van der Waals surface area contributed by atoms with Gasteiger partial charge < -0.3 is 19.5 Å². The first-order valence-electron chi connectivity index (χ1n) is 11.7. The molecule has 2 aromatic heterocycles. The van der Waals surface area contributed by atoms with Crippen molar-refractivity contribution in [2.75, 3.05) is 11.5 Å². The molecule has 0 spiro atoms. The van der Waals surface area contributed by atoms with E-state index in [0.717, 1.165) is 34.1 Å². The summed E-state index contributed by atoms with van der Waals surface area (Å²) in [7, 11) is 0. The minimum atomic E-state index is -0.259. The Balaban J connectivity index is 1.65. The molecule has 1 aliphatic heterocycles. The quantitative estimate of drug-likeness (QED) is 0.329. The highest BCUT2D eigenvalue weighted by atomic mass is 32.1. The summed E-state index contributed by atoms with van der Waals surface area (Å²) < 4.78 is 22.4. The summed E-state index contributed by atoms with van der Waals surface area (Å²) in [5.74, 6) is 0.551. The molecule has 2 aromatic carbocycles. The van der Waals surface area contributed by atoms with Gasteiger partial charge in [0.2, 0.25) is 0 Å². The van der Waals surface area contributed by atoms with Gasteiger partial charge in [0.05, 0.1) is 30.1 Å². The van der Waals surface area contributed by atoms with Gasteiger partial charge in [0, 0.05) is 23.3 Å². The van der Waals surface area contributed by atoms with Gasteiger partial charge in [-0.3, -0.25) is 4.98 Å². The molecule has 0 aliphatic carbocycles. The van der Waals surface area contributed by atoms with Crippen LogP contribution >= 0.6 is 12.2 Å². The molecular weight excluding hydrogens is 459 g/mol. The zero-order chi connectivity index (χ0) is 24.5. The normalized spacial score (nSPS) is 17.5. The SMILES string of the molecule is CCOc1ccc(N2C(=S)N[C@@H](c3ccccn3)[C@@H]2c2cc(C)n(-c3ccccc3F)c2C)cc1. The van der Waals surface area contributed by atoms with E-state index in [9.17, 15) is 4.39 Å². The van der Waals surface area contributed by atoms with Crippen LogP contribution in [0.4, 0.5) is 10.1 Å². The third-order valence-electron chi connectivity index (χ3n) is 6.41. The average Bonchev–Trinajstić information content (AvgIpc) is 3.36. The van der Waals surface area contributed by atoms with E-state index >= 15 is 0 Å². The van der Waals surface area contributed by atoms with Crippen molar-refractivity contribution in [1.82, 2.24) is 14.9 Å². The second-order valence-electron chi connectivity index (χ2n) is 8.54. The monoisotopic (exact) mass is 486 g/mol. The van der Waals surface area contributed by atoms with Crippen molar-refractivity contribution in [3.05, 3.63) is 107 Å². The van der Waals surface area contributed by atoms with E-state index in [1.807, 2.05) is 73.9 Å². The number of hydrogen-bond donors (Lipinski definition) is 1. The Morgan fingerprint density at radius 2 is 1.77 bits per heavy atom. The first-order chi connectivity index (χ1) is 17.0. The van der Waals surface area contributed by atoms with Crippen LogP contribution in [0.2, 0.25) is 0 Å². The summed E-state index contributed by atoms with van der Waals surface area (Å²) in [5.41, 5.74) is 5.34. The number of halogens is 1. The molecule has 4 aromatic rings. The van der Waals surface area contributed by atoms with Gasteiger partial charge in [-0.05, 0) is 93.1 Å². The fraction of sp³-hybridized carbons (Fsp3) is 0.214. The number of aryl methyl sites for hydroxylation is 1. The lowest BCUT2D eigenvalue weighted by Crippen LogP contribution is -2.29. The van der Waals surface area contributed by atoms with Gasteiger partial charge in [-0.1, -0.05) is 18.2 Å². The van der Waals surface area contributed by atoms with Gasteiger partial charge in [0.25, 0.3) is 0 Å². The fourth-order valence-corrected chi connectivity index (χ4v) is 5.26. The van der Waals surface area contributed by atoms with Gasteiger partial charge in [0.15, 0.2) is 5.11 Å². The molecule has 3 heterocycles. The van der Waals surface area contributed by atoms with Crippen molar-refractivity contribution in [2.24, 2.45) is 0 Å². The van der Waals surface area contributed by atoms with Gasteiger partial charge in [-0.25, -0.2) is 4.39 Å². The number of nitrogens with one attached hydrogen (secondary N) is 1. The van der Waals surface area contributed by atoms with E-state index in [2.05, 4.69) is 21.3 Å². The molecule has 7 heteroatoms. The van der Waals surface area contributed by atoms with E-state index in [4.69, 9.17) is 17.0 Å². The van der Waals surface area contributed by atoms with Crippen molar-refractivity contribution >= 4 is 23.0 Å². The summed E-state index contributed by atoms with van der Waals surface area (Å²) in [5, 5.41) is 4.11. The molecule has 1 aliphatic rings. The van der Waals surface area contributed by atoms with Crippen LogP contribution in [-0.2, 0) is 0 Å². The highest BCUT2D eigenvalue weighted by molar-refractivity contribution is 7.80. The molecule has 1 N–H and O–H groups in total. The van der Waals surface area contributed by atoms with E-state index < -0.39 is 0 Å². The topological polar surface area (TPSA) is 42.3 Å². The van der Waals surface area contributed by atoms with Crippen molar-refractivity contribution in [3.63, 3.8) is 0 Å². The van der Waals surface area contributed by atoms with Crippen LogP contribution in [0.5, 0.6) is 5.75 Å². The molecule has 0 unspecified atom stereocenters. The van der Waals surface area contributed by atoms with Gasteiger partial charge in [0.1, 0.15) is 11.6 Å². The number of anilines is 1. The molecule has 1 fully saturated rings. The van der Waals surface area contributed by atoms with Crippen molar-refractivity contribution in [1.29, 1.82) is 0 Å². The Bertz CT molecular complexity index is 1350. The predicted octanol–water partition coefficient (Wildman–Crippen LogP) is 6.20. The number of para-hydroxylation sites is 1. The fourth-order valence-electron chi connectivity index (χ4n) is 4.91. The second-order valence-corrected chi connectivity index (χ2v) is 8.92. The Morgan fingerprint density at radius 3 is 2.46 bits per heavy atom. The molecule has 35 heavy (non-hydrogen) atoms. The number of hydrogen-bond acceptors (Lipinski definition) is 3. The van der Waals surface area contributed by atoms with Crippen molar-refractivity contribution in [2.45, 2.75) is 32.9 Å². The summed E-state index contributed by atoms with van der Waals surface area (Å²) >= 11 is 5.85. The predicted molar refractivity (Wildman–Crippen MR) is 141 cm³/mol. The Labute approximate surface area is 210 Å². The minimum Gasteiger partial charge on any atom is -0.494 e. The average molecular weight is 487 g/mol. The lowest BCUT2D eigenvalue weighted by atomic mass is 9.96. The number of pyridine rings is 1. The molecule has 2 atom stereocenters. The van der Waals surface area contributed by atoms with Crippen LogP contribution in [0.1, 0.15) is 41.7 Å². The van der Waals surface area contributed by atoms with Crippen LogP contribution in [0.15, 0.2) is 79.0 Å². The maximum Gasteiger partial charge on any atom is 0.174 e. The second kappa shape index (κ2) is 9.50. The summed E-state index contributed by atoms with van der Waals surface area (Å²) in [6, 6.07) is 22.4. The smallest absolute Gasteiger partial charge is 0.174 e. The molecule has 1 saturated heterocycles.